The second kappa shape index (κ2) is 6.54. The van der Waals surface area contributed by atoms with Crippen LogP contribution < -0.4 is 10.9 Å². The fourth-order valence-corrected chi connectivity index (χ4v) is 2.58. The van der Waals surface area contributed by atoms with E-state index in [4.69, 9.17) is 4.42 Å². The molecule has 6 heteroatoms. The van der Waals surface area contributed by atoms with E-state index in [0.29, 0.717) is 17.1 Å². The third-order valence-corrected chi connectivity index (χ3v) is 3.67. The molecule has 0 radical (unpaired) electrons. The number of nitrogens with zero attached hydrogens (tertiary/aromatic N) is 1. The summed E-state index contributed by atoms with van der Waals surface area (Å²) in [4.78, 5) is 28.5. The Morgan fingerprint density at radius 2 is 1.92 bits per heavy atom. The van der Waals surface area contributed by atoms with Gasteiger partial charge >= 0.3 is 0 Å². The van der Waals surface area contributed by atoms with Gasteiger partial charge in [-0.2, -0.15) is 0 Å². The molecule has 0 atom stereocenters. The van der Waals surface area contributed by atoms with E-state index in [-0.39, 0.29) is 12.3 Å². The van der Waals surface area contributed by atoms with Gasteiger partial charge in [-0.15, -0.1) is 0 Å². The quantitative estimate of drug-likeness (QED) is 0.725. The molecule has 0 fully saturated rings. The van der Waals surface area contributed by atoms with Crippen molar-refractivity contribution in [1.82, 2.24) is 15.8 Å². The third kappa shape index (κ3) is 3.27. The van der Waals surface area contributed by atoms with Gasteiger partial charge in [0.1, 0.15) is 11.5 Å². The highest BCUT2D eigenvalue weighted by Gasteiger charge is 2.14. The van der Waals surface area contributed by atoms with E-state index >= 15 is 0 Å². The van der Waals surface area contributed by atoms with Crippen molar-refractivity contribution in [2.45, 2.75) is 20.3 Å². The molecule has 0 aliphatic rings. The maximum Gasteiger partial charge on any atom is 0.273 e. The van der Waals surface area contributed by atoms with E-state index in [1.165, 1.54) is 0 Å². The van der Waals surface area contributed by atoms with Crippen LogP contribution in [0.15, 0.2) is 47.0 Å². The van der Waals surface area contributed by atoms with E-state index in [1.807, 2.05) is 30.3 Å². The number of hydrogen-bond donors (Lipinski definition) is 2. The number of para-hydroxylation sites is 1. The fraction of sp³-hybridized carbons (Fsp3) is 0.167. The molecule has 2 aromatic heterocycles. The number of amides is 2. The number of nitrogens with one attached hydrogen (secondary N) is 2. The Morgan fingerprint density at radius 3 is 2.67 bits per heavy atom. The molecule has 0 saturated carbocycles. The lowest BCUT2D eigenvalue weighted by atomic mass is 10.1. The second-order valence-corrected chi connectivity index (χ2v) is 5.50. The van der Waals surface area contributed by atoms with Gasteiger partial charge in [-0.05, 0) is 31.5 Å². The molecular weight excluding hydrogens is 306 g/mol. The van der Waals surface area contributed by atoms with Crippen molar-refractivity contribution in [3.8, 4) is 0 Å². The summed E-state index contributed by atoms with van der Waals surface area (Å²) in [7, 11) is 0. The number of benzene rings is 1. The Bertz CT molecular complexity index is 910. The van der Waals surface area contributed by atoms with Crippen molar-refractivity contribution in [2.75, 3.05) is 0 Å². The SMILES string of the molecule is Cc1cc(C(=O)NNC(=O)Cc2cccc3cccnc23)c(C)o1. The Morgan fingerprint density at radius 1 is 1.12 bits per heavy atom. The minimum atomic E-state index is -0.409. The summed E-state index contributed by atoms with van der Waals surface area (Å²) in [6.07, 6.45) is 1.81. The van der Waals surface area contributed by atoms with Gasteiger partial charge in [0.05, 0.1) is 17.5 Å². The van der Waals surface area contributed by atoms with Gasteiger partial charge in [-0.3, -0.25) is 25.4 Å². The molecule has 2 N–H and O–H groups in total. The summed E-state index contributed by atoms with van der Waals surface area (Å²) in [6.45, 7) is 3.46. The highest BCUT2D eigenvalue weighted by atomic mass is 16.3. The molecule has 2 amide bonds. The van der Waals surface area contributed by atoms with E-state index in [0.717, 1.165) is 16.5 Å². The Kier molecular flexibility index (Phi) is 4.29. The lowest BCUT2D eigenvalue weighted by molar-refractivity contribution is -0.121. The molecule has 6 nitrogen and oxygen atoms in total. The maximum atomic E-state index is 12.1. The molecular formula is C18H17N3O3. The summed E-state index contributed by atoms with van der Waals surface area (Å²) >= 11 is 0. The fourth-order valence-electron chi connectivity index (χ4n) is 2.58. The molecule has 0 unspecified atom stereocenters. The van der Waals surface area contributed by atoms with Crippen molar-refractivity contribution in [3.05, 3.63) is 65.2 Å². The average Bonchev–Trinajstić information content (AvgIpc) is 2.91. The second-order valence-electron chi connectivity index (χ2n) is 5.50. The van der Waals surface area contributed by atoms with E-state index < -0.39 is 5.91 Å². The van der Waals surface area contributed by atoms with E-state index in [9.17, 15) is 9.59 Å². The van der Waals surface area contributed by atoms with E-state index in [1.54, 1.807) is 26.1 Å². The molecule has 0 aliphatic carbocycles. The van der Waals surface area contributed by atoms with Gasteiger partial charge in [-0.25, -0.2) is 0 Å². The zero-order valence-corrected chi connectivity index (χ0v) is 13.4. The number of carbonyl (C=O) groups excluding carboxylic acids is 2. The minimum absolute atomic E-state index is 0.123. The molecule has 3 aromatic rings. The van der Waals surface area contributed by atoms with Gasteiger partial charge in [-0.1, -0.05) is 24.3 Å². The minimum Gasteiger partial charge on any atom is -0.466 e. The van der Waals surface area contributed by atoms with Crippen LogP contribution in [0.3, 0.4) is 0 Å². The van der Waals surface area contributed by atoms with Crippen molar-refractivity contribution in [2.24, 2.45) is 0 Å². The number of pyridine rings is 1. The summed E-state index contributed by atoms with van der Waals surface area (Å²) in [5, 5.41) is 0.969. The van der Waals surface area contributed by atoms with Crippen LogP contribution in [0.5, 0.6) is 0 Å². The van der Waals surface area contributed by atoms with Crippen molar-refractivity contribution in [1.29, 1.82) is 0 Å². The van der Waals surface area contributed by atoms with Crippen molar-refractivity contribution < 1.29 is 14.0 Å². The molecule has 0 spiro atoms. The first-order valence-corrected chi connectivity index (χ1v) is 7.53. The lowest BCUT2D eigenvalue weighted by Gasteiger charge is -2.08. The molecule has 24 heavy (non-hydrogen) atoms. The smallest absolute Gasteiger partial charge is 0.273 e. The summed E-state index contributed by atoms with van der Waals surface area (Å²) < 4.78 is 5.30. The average molecular weight is 323 g/mol. The molecule has 2 heterocycles. The van der Waals surface area contributed by atoms with Crippen LogP contribution in [0.25, 0.3) is 10.9 Å². The van der Waals surface area contributed by atoms with Crippen LogP contribution >= 0.6 is 0 Å². The summed E-state index contributed by atoms with van der Waals surface area (Å²) in [5.74, 6) is 0.427. The number of aryl methyl sites for hydroxylation is 2. The van der Waals surface area contributed by atoms with Crippen LogP contribution in [-0.2, 0) is 11.2 Å². The van der Waals surface area contributed by atoms with Gasteiger partial charge in [0, 0.05) is 11.6 Å². The molecule has 1 aromatic carbocycles. The van der Waals surface area contributed by atoms with Crippen LogP contribution in [0.4, 0.5) is 0 Å². The number of fused-ring (bicyclic) bond motifs is 1. The maximum absolute atomic E-state index is 12.1. The molecule has 0 aliphatic heterocycles. The zero-order chi connectivity index (χ0) is 17.1. The predicted molar refractivity (Wildman–Crippen MR) is 89.2 cm³/mol. The normalized spacial score (nSPS) is 10.6. The molecule has 122 valence electrons. The van der Waals surface area contributed by atoms with Crippen LogP contribution in [0.2, 0.25) is 0 Å². The standard InChI is InChI=1S/C18H17N3O3/c1-11-9-15(12(2)24-11)18(23)21-20-16(22)10-14-6-3-5-13-7-4-8-19-17(13)14/h3-9H,10H2,1-2H3,(H,20,22)(H,21,23). The van der Waals surface area contributed by atoms with Gasteiger partial charge in [0.15, 0.2) is 0 Å². The Balaban J connectivity index is 1.65. The predicted octanol–water partition coefficient (Wildman–Crippen LogP) is 2.45. The molecule has 0 saturated heterocycles. The third-order valence-electron chi connectivity index (χ3n) is 3.67. The van der Waals surface area contributed by atoms with Crippen molar-refractivity contribution in [3.63, 3.8) is 0 Å². The zero-order valence-electron chi connectivity index (χ0n) is 13.4. The number of furan rings is 1. The van der Waals surface area contributed by atoms with Crippen molar-refractivity contribution >= 4 is 22.7 Å². The largest absolute Gasteiger partial charge is 0.466 e. The first-order chi connectivity index (χ1) is 11.5. The van der Waals surface area contributed by atoms with Gasteiger partial charge in [0.25, 0.3) is 5.91 Å². The first kappa shape index (κ1) is 15.7. The summed E-state index contributed by atoms with van der Waals surface area (Å²) in [5.41, 5.74) is 6.81. The highest BCUT2D eigenvalue weighted by Crippen LogP contribution is 2.16. The number of aromatic nitrogens is 1. The Labute approximate surface area is 138 Å². The monoisotopic (exact) mass is 323 g/mol. The summed E-state index contributed by atoms with van der Waals surface area (Å²) in [6, 6.07) is 11.1. The number of hydrogen-bond acceptors (Lipinski definition) is 4. The van der Waals surface area contributed by atoms with Crippen LogP contribution in [-0.4, -0.2) is 16.8 Å². The highest BCUT2D eigenvalue weighted by molar-refractivity contribution is 5.96. The topological polar surface area (TPSA) is 84.2 Å². The van der Waals surface area contributed by atoms with Gasteiger partial charge < -0.3 is 4.42 Å². The Hall–Kier alpha value is -3.15. The molecule has 3 rings (SSSR count). The number of carbonyl (C=O) groups is 2. The molecule has 0 bridgehead atoms. The lowest BCUT2D eigenvalue weighted by Crippen LogP contribution is -2.42. The number of hydrazine groups is 1. The van der Waals surface area contributed by atoms with Crippen LogP contribution in [0.1, 0.15) is 27.4 Å². The van der Waals surface area contributed by atoms with E-state index in [2.05, 4.69) is 15.8 Å². The first-order valence-electron chi connectivity index (χ1n) is 7.53. The number of rotatable bonds is 3. The van der Waals surface area contributed by atoms with Gasteiger partial charge in [0.2, 0.25) is 5.91 Å². The van der Waals surface area contributed by atoms with Crippen LogP contribution in [0, 0.1) is 13.8 Å².